The largest absolute Gasteiger partial charge is 0.465 e. The van der Waals surface area contributed by atoms with Crippen molar-refractivity contribution in [3.8, 4) is 0 Å². The Morgan fingerprint density at radius 1 is 1.44 bits per heavy atom. The summed E-state index contributed by atoms with van der Waals surface area (Å²) in [5.41, 5.74) is 5.30. The molecule has 2 N–H and O–H groups in total. The Labute approximate surface area is 113 Å². The molecule has 7 heteroatoms. The number of rotatable bonds is 4. The number of anilines is 1. The fourth-order valence-corrected chi connectivity index (χ4v) is 1.40. The fourth-order valence-electron chi connectivity index (χ4n) is 1.07. The van der Waals surface area contributed by atoms with E-state index < -0.39 is 5.97 Å². The lowest BCUT2D eigenvalue weighted by Crippen LogP contribution is -2.33. The van der Waals surface area contributed by atoms with E-state index in [1.807, 2.05) is 0 Å². The van der Waals surface area contributed by atoms with E-state index in [-0.39, 0.29) is 23.2 Å². The van der Waals surface area contributed by atoms with Crippen LogP contribution in [0.1, 0.15) is 24.2 Å². The second-order valence-corrected chi connectivity index (χ2v) is 4.73. The normalized spacial score (nSPS) is 10.1. The molecule has 0 aromatic carbocycles. The van der Waals surface area contributed by atoms with Gasteiger partial charge in [-0.15, -0.1) is 0 Å². The molecular formula is C11H14BrN3O3. The number of carbonyl (C=O) groups is 2. The molecule has 98 valence electrons. The molecule has 0 aliphatic rings. The molecule has 0 aliphatic heterocycles. The minimum Gasteiger partial charge on any atom is -0.465 e. The van der Waals surface area contributed by atoms with Gasteiger partial charge < -0.3 is 4.74 Å². The maximum absolute atomic E-state index is 11.5. The van der Waals surface area contributed by atoms with E-state index in [0.29, 0.717) is 4.47 Å². The maximum Gasteiger partial charge on any atom is 0.341 e. The van der Waals surface area contributed by atoms with Crippen LogP contribution in [0.2, 0.25) is 0 Å². The van der Waals surface area contributed by atoms with E-state index in [2.05, 4.69) is 36.5 Å². The molecule has 0 unspecified atom stereocenters. The summed E-state index contributed by atoms with van der Waals surface area (Å²) in [6.07, 6.45) is 1.51. The van der Waals surface area contributed by atoms with Gasteiger partial charge in [-0.1, -0.05) is 13.8 Å². The summed E-state index contributed by atoms with van der Waals surface area (Å²) in [4.78, 5) is 26.9. The molecule has 1 aromatic heterocycles. The van der Waals surface area contributed by atoms with Crippen molar-refractivity contribution >= 4 is 33.6 Å². The molecule has 1 rings (SSSR count). The summed E-state index contributed by atoms with van der Waals surface area (Å²) in [6, 6.07) is 1.56. The molecule has 6 nitrogen and oxygen atoms in total. The number of pyridine rings is 1. The molecule has 1 amide bonds. The van der Waals surface area contributed by atoms with Gasteiger partial charge >= 0.3 is 5.97 Å². The molecule has 0 bridgehead atoms. The second kappa shape index (κ2) is 6.34. The first-order valence-corrected chi connectivity index (χ1v) is 6.04. The molecule has 0 radical (unpaired) electrons. The van der Waals surface area contributed by atoms with Crippen LogP contribution in [0.5, 0.6) is 0 Å². The topological polar surface area (TPSA) is 80.3 Å². The average Bonchev–Trinajstić information content (AvgIpc) is 2.35. The van der Waals surface area contributed by atoms with Crippen molar-refractivity contribution in [1.82, 2.24) is 10.4 Å². The van der Waals surface area contributed by atoms with E-state index in [0.717, 1.165) is 0 Å². The number of hydrazine groups is 1. The number of aromatic nitrogens is 1. The Balaban J connectivity index is 2.88. The summed E-state index contributed by atoms with van der Waals surface area (Å²) in [5.74, 6) is -0.672. The first-order chi connectivity index (χ1) is 8.45. The number of carbonyl (C=O) groups excluding carboxylic acids is 2. The highest BCUT2D eigenvalue weighted by Gasteiger charge is 2.15. The van der Waals surface area contributed by atoms with Gasteiger partial charge in [0.25, 0.3) is 0 Å². The highest BCUT2D eigenvalue weighted by Crippen LogP contribution is 2.18. The van der Waals surface area contributed by atoms with E-state index in [1.165, 1.54) is 13.3 Å². The predicted octanol–water partition coefficient (Wildman–Crippen LogP) is 1.73. The van der Waals surface area contributed by atoms with Gasteiger partial charge in [0.05, 0.1) is 7.11 Å². The number of halogens is 1. The Morgan fingerprint density at radius 2 is 2.11 bits per heavy atom. The summed E-state index contributed by atoms with van der Waals surface area (Å²) < 4.78 is 5.28. The third kappa shape index (κ3) is 3.69. The lowest BCUT2D eigenvalue weighted by molar-refractivity contribution is -0.123. The third-order valence-corrected chi connectivity index (χ3v) is 2.52. The van der Waals surface area contributed by atoms with Crippen molar-refractivity contribution in [1.29, 1.82) is 0 Å². The van der Waals surface area contributed by atoms with Gasteiger partial charge in [0.15, 0.2) is 5.82 Å². The molecule has 0 atom stereocenters. The number of esters is 1. The minimum atomic E-state index is -0.537. The van der Waals surface area contributed by atoms with Gasteiger partial charge in [0.2, 0.25) is 5.91 Å². The van der Waals surface area contributed by atoms with Crippen LogP contribution in [-0.4, -0.2) is 24.0 Å². The zero-order valence-corrected chi connectivity index (χ0v) is 11.9. The highest BCUT2D eigenvalue weighted by molar-refractivity contribution is 9.10. The zero-order chi connectivity index (χ0) is 13.7. The molecular weight excluding hydrogens is 302 g/mol. The molecule has 1 aromatic rings. The molecule has 0 aliphatic carbocycles. The Morgan fingerprint density at radius 3 is 2.67 bits per heavy atom. The summed E-state index contributed by atoms with van der Waals surface area (Å²) >= 11 is 3.21. The Hall–Kier alpha value is -1.63. The summed E-state index contributed by atoms with van der Waals surface area (Å²) in [5, 5.41) is 0. The monoisotopic (exact) mass is 315 g/mol. The number of nitrogens with zero attached hydrogens (tertiary/aromatic N) is 1. The number of ether oxygens (including phenoxy) is 1. The number of hydrogen-bond acceptors (Lipinski definition) is 5. The van der Waals surface area contributed by atoms with Crippen LogP contribution < -0.4 is 10.9 Å². The molecule has 0 saturated carbocycles. The van der Waals surface area contributed by atoms with Crippen molar-refractivity contribution in [2.45, 2.75) is 13.8 Å². The van der Waals surface area contributed by atoms with Gasteiger partial charge in [0.1, 0.15) is 5.56 Å². The molecule has 18 heavy (non-hydrogen) atoms. The average molecular weight is 316 g/mol. The van der Waals surface area contributed by atoms with Crippen LogP contribution in [0.25, 0.3) is 0 Å². The SMILES string of the molecule is COC(=O)c1cc(Br)cnc1NNC(=O)C(C)C. The number of hydrogen-bond donors (Lipinski definition) is 2. The van der Waals surface area contributed by atoms with Crippen molar-refractivity contribution in [3.63, 3.8) is 0 Å². The van der Waals surface area contributed by atoms with Gasteiger partial charge in [-0.05, 0) is 22.0 Å². The van der Waals surface area contributed by atoms with E-state index in [9.17, 15) is 9.59 Å². The first-order valence-electron chi connectivity index (χ1n) is 5.25. The van der Waals surface area contributed by atoms with E-state index >= 15 is 0 Å². The van der Waals surface area contributed by atoms with Gasteiger partial charge in [-0.25, -0.2) is 9.78 Å². The van der Waals surface area contributed by atoms with E-state index in [1.54, 1.807) is 19.9 Å². The van der Waals surface area contributed by atoms with Crippen molar-refractivity contribution in [2.24, 2.45) is 5.92 Å². The van der Waals surface area contributed by atoms with E-state index in [4.69, 9.17) is 0 Å². The summed E-state index contributed by atoms with van der Waals surface area (Å²) in [7, 11) is 1.28. The first kappa shape index (κ1) is 14.4. The van der Waals surface area contributed by atoms with Crippen molar-refractivity contribution < 1.29 is 14.3 Å². The van der Waals surface area contributed by atoms with Crippen molar-refractivity contribution in [2.75, 3.05) is 12.5 Å². The smallest absolute Gasteiger partial charge is 0.341 e. The standard InChI is InChI=1S/C11H14BrN3O3/c1-6(2)10(16)15-14-9-8(11(17)18-3)4-7(12)5-13-9/h4-6H,1-3H3,(H,13,14)(H,15,16). The summed E-state index contributed by atoms with van der Waals surface area (Å²) in [6.45, 7) is 3.51. The maximum atomic E-state index is 11.5. The fraction of sp³-hybridized carbons (Fsp3) is 0.364. The number of methoxy groups -OCH3 is 1. The highest BCUT2D eigenvalue weighted by atomic mass is 79.9. The van der Waals surface area contributed by atoms with Crippen molar-refractivity contribution in [3.05, 3.63) is 22.3 Å². The zero-order valence-electron chi connectivity index (χ0n) is 10.3. The molecule has 1 heterocycles. The van der Waals surface area contributed by atoms with Crippen LogP contribution >= 0.6 is 15.9 Å². The lowest BCUT2D eigenvalue weighted by atomic mass is 10.2. The molecule has 0 spiro atoms. The van der Waals surface area contributed by atoms with Gasteiger partial charge in [-0.3, -0.25) is 15.6 Å². The Kier molecular flexibility index (Phi) is 5.08. The number of amides is 1. The van der Waals surface area contributed by atoms with Crippen LogP contribution in [0, 0.1) is 5.92 Å². The molecule has 0 saturated heterocycles. The van der Waals surface area contributed by atoms with Crippen LogP contribution in [0.3, 0.4) is 0 Å². The lowest BCUT2D eigenvalue weighted by Gasteiger charge is -2.12. The molecule has 0 fully saturated rings. The number of nitrogens with one attached hydrogen (secondary N) is 2. The van der Waals surface area contributed by atoms with Crippen LogP contribution in [0.15, 0.2) is 16.7 Å². The quantitative estimate of drug-likeness (QED) is 0.653. The van der Waals surface area contributed by atoms with Crippen LogP contribution in [0.4, 0.5) is 5.82 Å². The second-order valence-electron chi connectivity index (χ2n) is 3.81. The van der Waals surface area contributed by atoms with Gasteiger partial charge in [0, 0.05) is 16.6 Å². The minimum absolute atomic E-state index is 0.172. The van der Waals surface area contributed by atoms with Gasteiger partial charge in [-0.2, -0.15) is 0 Å². The Bertz CT molecular complexity index is 463. The van der Waals surface area contributed by atoms with Crippen LogP contribution in [-0.2, 0) is 9.53 Å². The third-order valence-electron chi connectivity index (χ3n) is 2.09. The predicted molar refractivity (Wildman–Crippen MR) is 69.9 cm³/mol.